The molecule has 17 heavy (non-hydrogen) atoms. The largest absolute Gasteiger partial charge is 0.453 e. The van der Waals surface area contributed by atoms with E-state index >= 15 is 0 Å². The van der Waals surface area contributed by atoms with E-state index in [4.69, 9.17) is 4.74 Å². The Balaban J connectivity index is 2.76. The molecule has 1 amide bonds. The highest BCUT2D eigenvalue weighted by atomic mass is 32.2. The second kappa shape index (κ2) is 4.88. The third-order valence-electron chi connectivity index (χ3n) is 1.29. The van der Waals surface area contributed by atoms with E-state index in [1.165, 1.54) is 5.51 Å². The molecule has 0 unspecified atom stereocenters. The fraction of sp³-hybridized carbons (Fsp3) is 0.500. The van der Waals surface area contributed by atoms with Crippen molar-refractivity contribution < 1.29 is 17.9 Å². The minimum atomic E-state index is -3.95. The van der Waals surface area contributed by atoms with E-state index in [9.17, 15) is 13.2 Å². The van der Waals surface area contributed by atoms with Crippen LogP contribution in [-0.2, 0) is 14.8 Å². The average Bonchev–Trinajstić information content (AvgIpc) is 2.65. The molecule has 1 rings (SSSR count). The predicted molar refractivity (Wildman–Crippen MR) is 60.4 cm³/mol. The summed E-state index contributed by atoms with van der Waals surface area (Å²) in [5.41, 5.74) is 0.597. The van der Waals surface area contributed by atoms with E-state index < -0.39 is 21.7 Å². The summed E-state index contributed by atoms with van der Waals surface area (Å²) in [4.78, 5) is 14.7. The van der Waals surface area contributed by atoms with E-state index in [0.29, 0.717) is 0 Å². The van der Waals surface area contributed by atoms with Crippen molar-refractivity contribution in [2.75, 3.05) is 0 Å². The lowest BCUT2D eigenvalue weighted by molar-refractivity contribution is 0.0593. The predicted octanol–water partition coefficient (Wildman–Crippen LogP) is 2.22. The zero-order valence-corrected chi connectivity index (χ0v) is 11.1. The smallest absolute Gasteiger partial charge is 0.441 e. The van der Waals surface area contributed by atoms with Crippen molar-refractivity contribution in [2.24, 2.45) is 9.63 Å². The Hall–Kier alpha value is -1.35. The summed E-state index contributed by atoms with van der Waals surface area (Å²) in [5, 5.41) is 2.99. The highest BCUT2D eigenvalue weighted by molar-refractivity contribution is 7.92. The molecule has 0 aliphatic rings. The van der Waals surface area contributed by atoms with Crippen molar-refractivity contribution in [1.82, 2.24) is 4.98 Å². The molecule has 0 fully saturated rings. The van der Waals surface area contributed by atoms with Crippen molar-refractivity contribution in [2.45, 2.75) is 30.6 Å². The number of hydrogen-bond donors (Lipinski definition) is 0. The zero-order chi connectivity index (χ0) is 13.1. The lowest BCUT2D eigenvalue weighted by Crippen LogP contribution is -2.21. The summed E-state index contributed by atoms with van der Waals surface area (Å²) in [7, 11) is -3.95. The molecule has 0 aromatic carbocycles. The van der Waals surface area contributed by atoms with Crippen LogP contribution in [0.15, 0.2) is 25.6 Å². The first kappa shape index (κ1) is 13.7. The van der Waals surface area contributed by atoms with E-state index in [1.54, 1.807) is 20.8 Å². The number of nitrogens with zero attached hydrogens (tertiary/aromatic N) is 3. The van der Waals surface area contributed by atoms with Crippen LogP contribution in [0.1, 0.15) is 20.8 Å². The van der Waals surface area contributed by atoms with Crippen LogP contribution in [0.25, 0.3) is 0 Å². The van der Waals surface area contributed by atoms with Gasteiger partial charge in [-0.05, 0) is 25.3 Å². The highest BCUT2D eigenvalue weighted by Crippen LogP contribution is 2.17. The maximum absolute atomic E-state index is 11.5. The molecule has 0 spiro atoms. The first-order valence-electron chi connectivity index (χ1n) is 4.50. The molecule has 0 radical (unpaired) electrons. The molecule has 94 valence electrons. The highest BCUT2D eigenvalue weighted by Gasteiger charge is 2.19. The SMILES string of the molecule is CC(C)(C)OC(=O)N=NS(=O)(=O)c1cncs1. The third-order valence-corrected chi connectivity index (χ3v) is 3.68. The van der Waals surface area contributed by atoms with Crippen LogP contribution in [0.3, 0.4) is 0 Å². The van der Waals surface area contributed by atoms with E-state index in [2.05, 4.69) is 14.6 Å². The van der Waals surface area contributed by atoms with Crippen LogP contribution in [0.2, 0.25) is 0 Å². The molecule has 0 saturated heterocycles. The van der Waals surface area contributed by atoms with Crippen LogP contribution in [0.4, 0.5) is 4.79 Å². The molecule has 0 bridgehead atoms. The lowest BCUT2D eigenvalue weighted by Gasteiger charge is -2.16. The van der Waals surface area contributed by atoms with Gasteiger partial charge in [-0.1, -0.05) is 5.11 Å². The molecule has 9 heteroatoms. The van der Waals surface area contributed by atoms with Gasteiger partial charge in [0.1, 0.15) is 5.60 Å². The first-order valence-corrected chi connectivity index (χ1v) is 6.82. The van der Waals surface area contributed by atoms with Crippen LogP contribution in [0, 0.1) is 0 Å². The molecular formula is C8H11N3O4S2. The number of ether oxygens (including phenoxy) is 1. The molecule has 1 aromatic rings. The molecule has 0 aliphatic heterocycles. The van der Waals surface area contributed by atoms with Crippen LogP contribution < -0.4 is 0 Å². The number of hydrogen-bond acceptors (Lipinski definition) is 6. The maximum atomic E-state index is 11.5. The van der Waals surface area contributed by atoms with Gasteiger partial charge in [0.2, 0.25) is 0 Å². The summed E-state index contributed by atoms with van der Waals surface area (Å²) in [6.45, 7) is 4.91. The molecular weight excluding hydrogens is 266 g/mol. The molecule has 0 N–H and O–H groups in total. The Kier molecular flexibility index (Phi) is 3.94. The maximum Gasteiger partial charge on any atom is 0.453 e. The molecule has 1 heterocycles. The Labute approximate surface area is 103 Å². The fourth-order valence-electron chi connectivity index (χ4n) is 0.741. The van der Waals surface area contributed by atoms with Crippen molar-refractivity contribution in [1.29, 1.82) is 0 Å². The Morgan fingerprint density at radius 3 is 2.59 bits per heavy atom. The summed E-state index contributed by atoms with van der Waals surface area (Å²) in [6.07, 6.45) is 0.0827. The average molecular weight is 277 g/mol. The van der Waals surface area contributed by atoms with E-state index in [0.717, 1.165) is 17.5 Å². The number of aromatic nitrogens is 1. The molecule has 1 aromatic heterocycles. The number of thiazole rings is 1. The molecule has 0 atom stereocenters. The molecule has 7 nitrogen and oxygen atoms in total. The van der Waals surface area contributed by atoms with Crippen LogP contribution in [0.5, 0.6) is 0 Å². The summed E-state index contributed by atoms with van der Waals surface area (Å²) < 4.78 is 30.6. The van der Waals surface area contributed by atoms with Gasteiger partial charge in [-0.15, -0.1) is 11.3 Å². The normalized spacial score (nSPS) is 12.9. The van der Waals surface area contributed by atoms with E-state index in [1.807, 2.05) is 0 Å². The van der Waals surface area contributed by atoms with Gasteiger partial charge < -0.3 is 4.74 Å². The number of rotatable bonds is 2. The topological polar surface area (TPSA) is 98.0 Å². The Bertz CT molecular complexity index is 513. The fourth-order valence-corrected chi connectivity index (χ4v) is 2.25. The molecule has 0 aliphatic carbocycles. The summed E-state index contributed by atoms with van der Waals surface area (Å²) in [5.74, 6) is 0. The number of sulfonamides is 1. The van der Waals surface area contributed by atoms with Gasteiger partial charge in [0.15, 0.2) is 4.21 Å². The minimum Gasteiger partial charge on any atom is -0.441 e. The Morgan fingerprint density at radius 2 is 2.12 bits per heavy atom. The van der Waals surface area contributed by atoms with E-state index in [-0.39, 0.29) is 4.21 Å². The quantitative estimate of drug-likeness (QED) is 0.772. The number of amides is 1. The van der Waals surface area contributed by atoms with Crippen molar-refractivity contribution in [3.8, 4) is 0 Å². The third kappa shape index (κ3) is 4.57. The van der Waals surface area contributed by atoms with Gasteiger partial charge >= 0.3 is 16.1 Å². The van der Waals surface area contributed by atoms with Crippen molar-refractivity contribution >= 4 is 27.5 Å². The number of carbonyl (C=O) groups excluding carboxylic acids is 1. The van der Waals surface area contributed by atoms with Gasteiger partial charge in [0.05, 0.1) is 11.7 Å². The van der Waals surface area contributed by atoms with Gasteiger partial charge in [0, 0.05) is 0 Å². The summed E-state index contributed by atoms with van der Waals surface area (Å²) in [6, 6.07) is 0. The molecule has 0 saturated carbocycles. The van der Waals surface area contributed by atoms with Gasteiger partial charge in [0.25, 0.3) is 0 Å². The number of carbonyl (C=O) groups is 1. The standard InChI is InChI=1S/C8H11N3O4S2/c1-8(2,3)15-7(12)10-11-17(13,14)6-4-9-5-16-6/h4-5H,1-3H3. The second-order valence-electron chi connectivity index (χ2n) is 3.96. The first-order chi connectivity index (χ1) is 7.71. The van der Waals surface area contributed by atoms with Crippen molar-refractivity contribution in [3.05, 3.63) is 11.7 Å². The van der Waals surface area contributed by atoms with Gasteiger partial charge in [-0.25, -0.2) is 4.79 Å². The second-order valence-corrected chi connectivity index (χ2v) is 6.66. The monoisotopic (exact) mass is 277 g/mol. The lowest BCUT2D eigenvalue weighted by atomic mass is 10.2. The van der Waals surface area contributed by atoms with Crippen LogP contribution in [-0.4, -0.2) is 25.1 Å². The van der Waals surface area contributed by atoms with Crippen LogP contribution >= 0.6 is 11.3 Å². The Morgan fingerprint density at radius 1 is 1.47 bits per heavy atom. The van der Waals surface area contributed by atoms with Crippen molar-refractivity contribution in [3.63, 3.8) is 0 Å². The van der Waals surface area contributed by atoms with Gasteiger partial charge in [-0.2, -0.15) is 8.42 Å². The summed E-state index contributed by atoms with van der Waals surface area (Å²) >= 11 is 0.890. The van der Waals surface area contributed by atoms with Gasteiger partial charge in [-0.3, -0.25) is 4.98 Å². The zero-order valence-electron chi connectivity index (χ0n) is 9.45. The minimum absolute atomic E-state index is 0.0789.